The summed E-state index contributed by atoms with van der Waals surface area (Å²) in [6.45, 7) is 6.26. The van der Waals surface area contributed by atoms with Gasteiger partial charge in [-0.3, -0.25) is 10.1 Å². The molecule has 0 spiro atoms. The maximum atomic E-state index is 12.2. The molecule has 1 fully saturated rings. The van der Waals surface area contributed by atoms with E-state index in [1.54, 1.807) is 4.68 Å². The first-order valence-electron chi connectivity index (χ1n) is 8.93. The van der Waals surface area contributed by atoms with Crippen molar-refractivity contribution < 1.29 is 14.3 Å². The van der Waals surface area contributed by atoms with E-state index in [0.29, 0.717) is 18.7 Å². The second kappa shape index (κ2) is 7.32. The van der Waals surface area contributed by atoms with Crippen LogP contribution < -0.4 is 5.32 Å². The number of anilines is 1. The minimum absolute atomic E-state index is 0.131. The number of hydrogen-bond acceptors (Lipinski definition) is 4. The fraction of sp³-hybridized carbons (Fsp3) is 0.450. The Morgan fingerprint density at radius 1 is 1.31 bits per heavy atom. The molecule has 6 heteroatoms. The van der Waals surface area contributed by atoms with Gasteiger partial charge in [0.2, 0.25) is 0 Å². The first-order valence-corrected chi connectivity index (χ1v) is 8.93. The van der Waals surface area contributed by atoms with Gasteiger partial charge in [0.1, 0.15) is 18.2 Å². The van der Waals surface area contributed by atoms with E-state index in [9.17, 15) is 9.59 Å². The molecule has 6 nitrogen and oxygen atoms in total. The number of nitrogens with one attached hydrogen (secondary N) is 1. The topological polar surface area (TPSA) is 73.2 Å². The molecule has 1 aliphatic carbocycles. The minimum atomic E-state index is -0.520. The van der Waals surface area contributed by atoms with Gasteiger partial charge in [0, 0.05) is 24.8 Å². The van der Waals surface area contributed by atoms with Gasteiger partial charge in [-0.05, 0) is 32.8 Å². The van der Waals surface area contributed by atoms with Crippen molar-refractivity contribution in [2.24, 2.45) is 0 Å². The number of benzene rings is 1. The lowest BCUT2D eigenvalue weighted by atomic mass is 10.0. The molecule has 0 aliphatic heterocycles. The first kappa shape index (κ1) is 18.2. The summed E-state index contributed by atoms with van der Waals surface area (Å²) >= 11 is 0. The molecular formula is C20H25N3O3. The second-order valence-electron chi connectivity index (χ2n) is 7.70. The highest BCUT2D eigenvalue weighted by Gasteiger charge is 2.29. The zero-order valence-corrected chi connectivity index (χ0v) is 15.5. The molecule has 3 rings (SSSR count). The number of ketones is 1. The van der Waals surface area contributed by atoms with E-state index in [4.69, 9.17) is 4.74 Å². The third-order valence-corrected chi connectivity index (χ3v) is 4.47. The molecule has 1 heterocycles. The molecule has 1 aromatic carbocycles. The van der Waals surface area contributed by atoms with Gasteiger partial charge in [-0.1, -0.05) is 30.3 Å². The third kappa shape index (κ3) is 4.31. The van der Waals surface area contributed by atoms with Crippen molar-refractivity contribution in [1.82, 2.24) is 9.78 Å². The number of amides is 1. The third-order valence-electron chi connectivity index (χ3n) is 4.47. The smallest absolute Gasteiger partial charge is 0.413 e. The molecule has 1 saturated carbocycles. The number of nitrogens with zero attached hydrogens (tertiary/aromatic N) is 2. The summed E-state index contributed by atoms with van der Waals surface area (Å²) in [5.41, 5.74) is 1.48. The van der Waals surface area contributed by atoms with E-state index >= 15 is 0 Å². The molecule has 138 valence electrons. The summed E-state index contributed by atoms with van der Waals surface area (Å²) in [6, 6.07) is 11.4. The number of Topliss-reactive ketones (excluding diaryl/α,β-unsaturated/α-hetero) is 1. The molecule has 26 heavy (non-hydrogen) atoms. The molecule has 1 aliphatic rings. The Labute approximate surface area is 153 Å². The summed E-state index contributed by atoms with van der Waals surface area (Å²) in [5, 5.41) is 7.46. The molecule has 1 amide bonds. The van der Waals surface area contributed by atoms with Crippen molar-refractivity contribution in [2.75, 3.05) is 5.32 Å². The minimum Gasteiger partial charge on any atom is -0.444 e. The van der Waals surface area contributed by atoms with Gasteiger partial charge < -0.3 is 4.74 Å². The van der Waals surface area contributed by atoms with Gasteiger partial charge in [-0.25, -0.2) is 9.48 Å². The Morgan fingerprint density at radius 2 is 2.04 bits per heavy atom. The van der Waals surface area contributed by atoms with Crippen LogP contribution in [-0.2, 0) is 21.7 Å². The van der Waals surface area contributed by atoms with Crippen molar-refractivity contribution in [3.63, 3.8) is 0 Å². The molecule has 2 aromatic rings. The molecule has 1 atom stereocenters. The van der Waals surface area contributed by atoms with Gasteiger partial charge in [-0.2, -0.15) is 5.10 Å². The summed E-state index contributed by atoms with van der Waals surface area (Å²) < 4.78 is 7.09. The number of ether oxygens (including phenoxy) is 1. The van der Waals surface area contributed by atoms with Crippen molar-refractivity contribution >= 4 is 17.7 Å². The van der Waals surface area contributed by atoms with Gasteiger partial charge >= 0.3 is 6.09 Å². The van der Waals surface area contributed by atoms with Crippen molar-refractivity contribution in [2.45, 2.75) is 58.1 Å². The zero-order valence-electron chi connectivity index (χ0n) is 15.5. The van der Waals surface area contributed by atoms with Crippen LogP contribution in [0.3, 0.4) is 0 Å². The predicted octanol–water partition coefficient (Wildman–Crippen LogP) is 4.22. The number of hydrogen-bond donors (Lipinski definition) is 1. The van der Waals surface area contributed by atoms with Crippen LogP contribution in [-0.4, -0.2) is 21.7 Å². The van der Waals surface area contributed by atoms with E-state index in [-0.39, 0.29) is 23.8 Å². The van der Waals surface area contributed by atoms with Crippen LogP contribution in [0, 0.1) is 0 Å². The Bertz CT molecular complexity index is 790. The number of carbonyl (C=O) groups is 2. The molecular weight excluding hydrogens is 330 g/mol. The largest absolute Gasteiger partial charge is 0.444 e. The van der Waals surface area contributed by atoms with E-state index in [1.165, 1.54) is 0 Å². The SMILES string of the molecule is CC(C)(C)n1nc(C2CCC(=O)C2)cc1NC(=O)OCc1ccccc1. The maximum absolute atomic E-state index is 12.2. The van der Waals surface area contributed by atoms with Crippen LogP contribution >= 0.6 is 0 Å². The van der Waals surface area contributed by atoms with Crippen LogP contribution in [0.5, 0.6) is 0 Å². The molecule has 0 saturated heterocycles. The maximum Gasteiger partial charge on any atom is 0.413 e. The molecule has 1 N–H and O–H groups in total. The Kier molecular flexibility index (Phi) is 5.11. The molecule has 1 aromatic heterocycles. The highest BCUT2D eigenvalue weighted by Crippen LogP contribution is 2.34. The summed E-state index contributed by atoms with van der Waals surface area (Å²) in [7, 11) is 0. The molecule has 0 bridgehead atoms. The van der Waals surface area contributed by atoms with Crippen LogP contribution in [0.4, 0.5) is 10.6 Å². The summed E-state index contributed by atoms with van der Waals surface area (Å²) in [6.07, 6.45) is 1.43. The lowest BCUT2D eigenvalue weighted by Crippen LogP contribution is -2.27. The lowest BCUT2D eigenvalue weighted by Gasteiger charge is -2.22. The average molecular weight is 355 g/mol. The number of carbonyl (C=O) groups excluding carboxylic acids is 2. The highest BCUT2D eigenvalue weighted by atomic mass is 16.5. The Hall–Kier alpha value is -2.63. The van der Waals surface area contributed by atoms with Gasteiger partial charge in [-0.15, -0.1) is 0 Å². The summed E-state index contributed by atoms with van der Waals surface area (Å²) in [5.74, 6) is 0.994. The number of rotatable bonds is 4. The Balaban J connectivity index is 1.72. The van der Waals surface area contributed by atoms with E-state index in [1.807, 2.05) is 57.2 Å². The highest BCUT2D eigenvalue weighted by molar-refractivity contribution is 5.84. The average Bonchev–Trinajstić information content (AvgIpc) is 3.20. The lowest BCUT2D eigenvalue weighted by molar-refractivity contribution is -0.117. The predicted molar refractivity (Wildman–Crippen MR) is 99.1 cm³/mol. The van der Waals surface area contributed by atoms with Crippen molar-refractivity contribution in [1.29, 1.82) is 0 Å². The van der Waals surface area contributed by atoms with Gasteiger partial charge in [0.25, 0.3) is 0 Å². The van der Waals surface area contributed by atoms with Crippen LogP contribution in [0.1, 0.15) is 57.2 Å². The van der Waals surface area contributed by atoms with Crippen LogP contribution in [0.2, 0.25) is 0 Å². The first-order chi connectivity index (χ1) is 12.3. The monoisotopic (exact) mass is 355 g/mol. The molecule has 0 radical (unpaired) electrons. The van der Waals surface area contributed by atoms with Crippen molar-refractivity contribution in [3.8, 4) is 0 Å². The van der Waals surface area contributed by atoms with E-state index in [0.717, 1.165) is 17.7 Å². The Morgan fingerprint density at radius 3 is 2.65 bits per heavy atom. The van der Waals surface area contributed by atoms with Gasteiger partial charge in [0.05, 0.1) is 11.2 Å². The van der Waals surface area contributed by atoms with E-state index < -0.39 is 6.09 Å². The van der Waals surface area contributed by atoms with E-state index in [2.05, 4.69) is 10.4 Å². The summed E-state index contributed by atoms with van der Waals surface area (Å²) in [4.78, 5) is 23.8. The van der Waals surface area contributed by atoms with Gasteiger partial charge in [0.15, 0.2) is 0 Å². The van der Waals surface area contributed by atoms with Crippen LogP contribution in [0.25, 0.3) is 0 Å². The second-order valence-corrected chi connectivity index (χ2v) is 7.70. The van der Waals surface area contributed by atoms with Crippen LogP contribution in [0.15, 0.2) is 36.4 Å². The quantitative estimate of drug-likeness (QED) is 0.891. The normalized spacial score (nSPS) is 17.3. The standard InChI is InChI=1S/C20H25N3O3/c1-20(2,3)23-18(12-17(22-23)15-9-10-16(24)11-15)21-19(25)26-13-14-7-5-4-6-8-14/h4-8,12,15H,9-11,13H2,1-3H3,(H,21,25). The zero-order chi connectivity index (χ0) is 18.7. The number of aromatic nitrogens is 2. The fourth-order valence-electron chi connectivity index (χ4n) is 3.13. The fourth-order valence-corrected chi connectivity index (χ4v) is 3.13. The van der Waals surface area contributed by atoms with Crippen molar-refractivity contribution in [3.05, 3.63) is 47.7 Å². The molecule has 1 unspecified atom stereocenters.